The van der Waals surface area contributed by atoms with Gasteiger partial charge in [0.2, 0.25) is 0 Å². The second-order valence-electron chi connectivity index (χ2n) is 5.26. The molecule has 1 aromatic carbocycles. The van der Waals surface area contributed by atoms with Gasteiger partial charge < -0.3 is 10.5 Å². The van der Waals surface area contributed by atoms with Crippen LogP contribution < -0.4 is 10.5 Å². The van der Waals surface area contributed by atoms with Gasteiger partial charge in [0, 0.05) is 23.7 Å². The van der Waals surface area contributed by atoms with Crippen LogP contribution in [-0.2, 0) is 0 Å². The van der Waals surface area contributed by atoms with E-state index in [0.717, 1.165) is 23.9 Å². The van der Waals surface area contributed by atoms with Crippen molar-refractivity contribution < 1.29 is 4.74 Å². The first kappa shape index (κ1) is 17.6. The normalized spacial score (nSPS) is 21.1. The van der Waals surface area contributed by atoms with Gasteiger partial charge in [0.05, 0.1) is 0 Å². The second-order valence-corrected chi connectivity index (χ2v) is 5.70. The maximum Gasteiger partial charge on any atom is 0.119 e. The fourth-order valence-corrected chi connectivity index (χ4v) is 2.83. The number of likely N-dealkylation sites (tertiary alicyclic amines) is 1. The van der Waals surface area contributed by atoms with Crippen molar-refractivity contribution >= 4 is 24.0 Å². The van der Waals surface area contributed by atoms with Crippen molar-refractivity contribution in [3.63, 3.8) is 0 Å². The Labute approximate surface area is 132 Å². The second kappa shape index (κ2) is 8.73. The summed E-state index contributed by atoms with van der Waals surface area (Å²) < 4.78 is 5.75. The Balaban J connectivity index is 0.00000200. The van der Waals surface area contributed by atoms with E-state index in [9.17, 15) is 0 Å². The molecule has 1 aliphatic rings. The molecule has 5 heteroatoms. The van der Waals surface area contributed by atoms with Crippen molar-refractivity contribution in [2.24, 2.45) is 5.73 Å². The van der Waals surface area contributed by atoms with E-state index in [1.807, 2.05) is 24.3 Å². The number of benzene rings is 1. The fraction of sp³-hybridized carbons (Fsp3) is 0.600. The highest BCUT2D eigenvalue weighted by atomic mass is 35.5. The van der Waals surface area contributed by atoms with Crippen molar-refractivity contribution in [1.29, 1.82) is 0 Å². The van der Waals surface area contributed by atoms with E-state index < -0.39 is 0 Å². The molecule has 114 valence electrons. The van der Waals surface area contributed by atoms with Gasteiger partial charge in [-0.05, 0) is 50.6 Å². The van der Waals surface area contributed by atoms with Crippen LogP contribution in [0.2, 0.25) is 5.02 Å². The third-order valence-corrected chi connectivity index (χ3v) is 3.98. The Kier molecular flexibility index (Phi) is 7.67. The van der Waals surface area contributed by atoms with Crippen molar-refractivity contribution in [3.8, 4) is 5.75 Å². The minimum absolute atomic E-state index is 0. The third kappa shape index (κ3) is 5.13. The van der Waals surface area contributed by atoms with E-state index in [-0.39, 0.29) is 18.4 Å². The summed E-state index contributed by atoms with van der Waals surface area (Å²) >= 11 is 5.84. The minimum Gasteiger partial charge on any atom is -0.492 e. The summed E-state index contributed by atoms with van der Waals surface area (Å²) in [5.41, 5.74) is 6.06. The van der Waals surface area contributed by atoms with Crippen molar-refractivity contribution in [1.82, 2.24) is 4.90 Å². The van der Waals surface area contributed by atoms with Gasteiger partial charge in [0.1, 0.15) is 12.4 Å². The SMILES string of the molecule is CC(N)C1CCCCN1CCOc1ccc(Cl)cc1.Cl. The maximum atomic E-state index is 6.06. The summed E-state index contributed by atoms with van der Waals surface area (Å²) in [6, 6.07) is 8.24. The first-order valence-electron chi connectivity index (χ1n) is 7.05. The zero-order valence-electron chi connectivity index (χ0n) is 11.9. The van der Waals surface area contributed by atoms with E-state index in [4.69, 9.17) is 22.1 Å². The van der Waals surface area contributed by atoms with Crippen LogP contribution in [0, 0.1) is 0 Å². The number of halogens is 2. The predicted octanol–water partition coefficient (Wildman–Crippen LogP) is 3.34. The van der Waals surface area contributed by atoms with Gasteiger partial charge in [-0.15, -0.1) is 12.4 Å². The molecule has 0 bridgehead atoms. The van der Waals surface area contributed by atoms with Gasteiger partial charge in [-0.25, -0.2) is 0 Å². The maximum absolute atomic E-state index is 6.06. The van der Waals surface area contributed by atoms with Gasteiger partial charge in [-0.3, -0.25) is 4.90 Å². The third-order valence-electron chi connectivity index (χ3n) is 3.73. The van der Waals surface area contributed by atoms with Gasteiger partial charge in [0.25, 0.3) is 0 Å². The first-order chi connectivity index (χ1) is 9.16. The van der Waals surface area contributed by atoms with E-state index in [1.54, 1.807) is 0 Å². The van der Waals surface area contributed by atoms with Crippen LogP contribution in [0.25, 0.3) is 0 Å². The van der Waals surface area contributed by atoms with Crippen molar-refractivity contribution in [3.05, 3.63) is 29.3 Å². The number of nitrogens with zero attached hydrogens (tertiary/aromatic N) is 1. The summed E-state index contributed by atoms with van der Waals surface area (Å²) in [7, 11) is 0. The average Bonchev–Trinajstić information content (AvgIpc) is 2.41. The van der Waals surface area contributed by atoms with Gasteiger partial charge >= 0.3 is 0 Å². The number of rotatable bonds is 5. The first-order valence-corrected chi connectivity index (χ1v) is 7.42. The standard InChI is InChI=1S/C15H23ClN2O.ClH/c1-12(17)15-4-2-3-9-18(15)10-11-19-14-7-5-13(16)6-8-14;/h5-8,12,15H,2-4,9-11,17H2,1H3;1H. The Morgan fingerprint density at radius 2 is 2.05 bits per heavy atom. The molecule has 0 radical (unpaired) electrons. The molecule has 1 fully saturated rings. The highest BCUT2D eigenvalue weighted by molar-refractivity contribution is 6.30. The van der Waals surface area contributed by atoms with E-state index >= 15 is 0 Å². The van der Waals surface area contributed by atoms with Crippen LogP contribution in [0.15, 0.2) is 24.3 Å². The molecule has 0 aliphatic carbocycles. The Hall–Kier alpha value is -0.480. The Morgan fingerprint density at radius 3 is 2.70 bits per heavy atom. The lowest BCUT2D eigenvalue weighted by Crippen LogP contribution is -2.50. The van der Waals surface area contributed by atoms with E-state index in [1.165, 1.54) is 19.3 Å². The molecule has 1 aliphatic heterocycles. The molecule has 2 atom stereocenters. The Bertz CT molecular complexity index is 384. The zero-order valence-corrected chi connectivity index (χ0v) is 13.5. The molecule has 2 unspecified atom stereocenters. The Morgan fingerprint density at radius 1 is 1.35 bits per heavy atom. The lowest BCUT2D eigenvalue weighted by molar-refractivity contribution is 0.109. The molecule has 1 saturated heterocycles. The summed E-state index contributed by atoms with van der Waals surface area (Å²) in [6.45, 7) is 4.87. The highest BCUT2D eigenvalue weighted by Gasteiger charge is 2.24. The molecule has 0 amide bonds. The minimum atomic E-state index is 0. The van der Waals surface area contributed by atoms with Crippen LogP contribution in [0.1, 0.15) is 26.2 Å². The average molecular weight is 319 g/mol. The predicted molar refractivity (Wildman–Crippen MR) is 87.1 cm³/mol. The number of hydrogen-bond acceptors (Lipinski definition) is 3. The van der Waals surface area contributed by atoms with Crippen LogP contribution in [-0.4, -0.2) is 36.7 Å². The van der Waals surface area contributed by atoms with Crippen molar-refractivity contribution in [2.75, 3.05) is 19.7 Å². The number of nitrogens with two attached hydrogens (primary N) is 1. The molecular formula is C15H24Cl2N2O. The van der Waals surface area contributed by atoms with Crippen LogP contribution in [0.5, 0.6) is 5.75 Å². The topological polar surface area (TPSA) is 38.5 Å². The summed E-state index contributed by atoms with van der Waals surface area (Å²) in [5, 5.41) is 0.736. The summed E-state index contributed by atoms with van der Waals surface area (Å²) in [6.07, 6.45) is 3.77. The quantitative estimate of drug-likeness (QED) is 0.904. The highest BCUT2D eigenvalue weighted by Crippen LogP contribution is 2.19. The lowest BCUT2D eigenvalue weighted by Gasteiger charge is -2.37. The number of hydrogen-bond donors (Lipinski definition) is 1. The molecule has 20 heavy (non-hydrogen) atoms. The molecule has 2 rings (SSSR count). The van der Waals surface area contributed by atoms with Gasteiger partial charge in [0.15, 0.2) is 0 Å². The molecular weight excluding hydrogens is 295 g/mol. The molecule has 1 aromatic rings. The van der Waals surface area contributed by atoms with Crippen LogP contribution in [0.3, 0.4) is 0 Å². The number of piperidine rings is 1. The fourth-order valence-electron chi connectivity index (χ4n) is 2.70. The molecule has 0 saturated carbocycles. The zero-order chi connectivity index (χ0) is 13.7. The summed E-state index contributed by atoms with van der Waals surface area (Å²) in [5.74, 6) is 0.874. The van der Waals surface area contributed by atoms with Gasteiger partial charge in [-0.1, -0.05) is 18.0 Å². The van der Waals surface area contributed by atoms with E-state index in [0.29, 0.717) is 12.6 Å². The summed E-state index contributed by atoms with van der Waals surface area (Å²) in [4.78, 5) is 2.46. The monoisotopic (exact) mass is 318 g/mol. The van der Waals surface area contributed by atoms with Gasteiger partial charge in [-0.2, -0.15) is 0 Å². The largest absolute Gasteiger partial charge is 0.492 e. The van der Waals surface area contributed by atoms with Crippen molar-refractivity contribution in [2.45, 2.75) is 38.3 Å². The molecule has 0 spiro atoms. The smallest absolute Gasteiger partial charge is 0.119 e. The van der Waals surface area contributed by atoms with Crippen LogP contribution in [0.4, 0.5) is 0 Å². The molecule has 3 nitrogen and oxygen atoms in total. The van der Waals surface area contributed by atoms with E-state index in [2.05, 4.69) is 11.8 Å². The molecule has 2 N–H and O–H groups in total. The molecule has 0 aromatic heterocycles. The molecule has 1 heterocycles. The van der Waals surface area contributed by atoms with Crippen LogP contribution >= 0.6 is 24.0 Å². The number of ether oxygens (including phenoxy) is 1. The lowest BCUT2D eigenvalue weighted by atomic mass is 9.97.